The lowest BCUT2D eigenvalue weighted by Gasteiger charge is -2.22. The first kappa shape index (κ1) is 23.9. The molecule has 1 aromatic carbocycles. The molecule has 1 fully saturated rings. The second-order valence-electron chi connectivity index (χ2n) is 8.88. The van der Waals surface area contributed by atoms with Crippen molar-refractivity contribution >= 4 is 33.2 Å². The Morgan fingerprint density at radius 3 is 2.65 bits per heavy atom. The van der Waals surface area contributed by atoms with Crippen molar-refractivity contribution in [2.45, 2.75) is 82.8 Å². The van der Waals surface area contributed by atoms with Crippen LogP contribution < -0.4 is 0 Å². The number of Topliss-reactive ketones (excluding diaryl/α,β-unsaturated/α-hetero) is 1. The number of hydrogen-bond donors (Lipinski definition) is 3. The summed E-state index contributed by atoms with van der Waals surface area (Å²) in [7, 11) is 0. The van der Waals surface area contributed by atoms with E-state index in [1.54, 1.807) is 11.3 Å². The Morgan fingerprint density at radius 1 is 1.10 bits per heavy atom. The highest BCUT2D eigenvalue weighted by atomic mass is 32.1. The van der Waals surface area contributed by atoms with Gasteiger partial charge in [-0.25, -0.2) is 0 Å². The normalized spacial score (nSPS) is 22.3. The highest BCUT2D eigenvalue weighted by Crippen LogP contribution is 2.37. The summed E-state index contributed by atoms with van der Waals surface area (Å²) in [5.41, 5.74) is 0. The van der Waals surface area contributed by atoms with E-state index in [-0.39, 0.29) is 30.5 Å². The van der Waals surface area contributed by atoms with Crippen LogP contribution in [0.15, 0.2) is 30.3 Å². The molecule has 1 aromatic heterocycles. The first-order chi connectivity index (χ1) is 14.9. The molecule has 1 saturated carbocycles. The number of thiophene rings is 1. The number of aryl methyl sites for hydroxylation is 1. The predicted octanol–water partition coefficient (Wildman–Crippen LogP) is 4.97. The first-order valence-corrected chi connectivity index (χ1v) is 12.3. The highest BCUT2D eigenvalue weighted by molar-refractivity contribution is 7.19. The van der Waals surface area contributed by atoms with Gasteiger partial charge in [-0.3, -0.25) is 9.59 Å². The number of aliphatic hydroxyl groups excluding tert-OH is 2. The van der Waals surface area contributed by atoms with E-state index in [1.807, 2.05) is 12.1 Å². The second kappa shape index (κ2) is 11.7. The average Bonchev–Trinajstić information content (AvgIpc) is 3.27. The number of fused-ring (bicyclic) bond motifs is 1. The molecule has 1 heterocycles. The third kappa shape index (κ3) is 7.13. The molecule has 1 aliphatic rings. The minimum absolute atomic E-state index is 0.0261. The average molecular weight is 447 g/mol. The monoisotopic (exact) mass is 446 g/mol. The van der Waals surface area contributed by atoms with E-state index in [4.69, 9.17) is 5.11 Å². The Morgan fingerprint density at radius 2 is 1.87 bits per heavy atom. The topological polar surface area (TPSA) is 94.8 Å². The molecular weight excluding hydrogens is 412 g/mol. The Kier molecular flexibility index (Phi) is 9.05. The van der Waals surface area contributed by atoms with Gasteiger partial charge in [-0.1, -0.05) is 37.5 Å². The lowest BCUT2D eigenvalue weighted by molar-refractivity contribution is -0.137. The molecule has 0 aliphatic heterocycles. The summed E-state index contributed by atoms with van der Waals surface area (Å²) in [6.45, 7) is 0. The van der Waals surface area contributed by atoms with Crippen LogP contribution >= 0.6 is 11.3 Å². The lowest BCUT2D eigenvalue weighted by Crippen LogP contribution is -2.22. The van der Waals surface area contributed by atoms with E-state index in [9.17, 15) is 19.8 Å². The minimum atomic E-state index is -0.761. The van der Waals surface area contributed by atoms with Gasteiger partial charge >= 0.3 is 5.97 Å². The summed E-state index contributed by atoms with van der Waals surface area (Å²) >= 11 is 1.77. The number of carbonyl (C=O) groups excluding carboxylic acids is 1. The predicted molar refractivity (Wildman–Crippen MR) is 123 cm³/mol. The standard InChI is InChI=1S/C25H34O5S/c26-18(11-13-19-15-17-7-5-6-9-24(17)31-19)12-14-21-20(22(27)16-23(21)28)8-3-1-2-4-10-25(29)30/h5-7,9,15,18,20-22,26-27H,1-4,8,10-14,16H2,(H,29,30). The number of hydrogen-bond acceptors (Lipinski definition) is 5. The van der Waals surface area contributed by atoms with E-state index in [0.29, 0.717) is 25.7 Å². The highest BCUT2D eigenvalue weighted by Gasteiger charge is 2.40. The van der Waals surface area contributed by atoms with Gasteiger partial charge in [-0.15, -0.1) is 11.3 Å². The molecule has 0 spiro atoms. The molecule has 1 aliphatic carbocycles. The summed E-state index contributed by atoms with van der Waals surface area (Å²) < 4.78 is 1.27. The quantitative estimate of drug-likeness (QED) is 0.378. The first-order valence-electron chi connectivity index (χ1n) is 11.5. The molecule has 4 atom stereocenters. The van der Waals surface area contributed by atoms with E-state index in [1.165, 1.54) is 15.0 Å². The van der Waals surface area contributed by atoms with Crippen LogP contribution in [0.1, 0.15) is 69.1 Å². The Hall–Kier alpha value is -1.76. The van der Waals surface area contributed by atoms with Crippen LogP contribution in [-0.2, 0) is 16.0 Å². The van der Waals surface area contributed by atoms with Gasteiger partial charge in [0.05, 0.1) is 12.2 Å². The van der Waals surface area contributed by atoms with Crippen molar-refractivity contribution in [3.8, 4) is 0 Å². The van der Waals surface area contributed by atoms with Crippen molar-refractivity contribution in [1.82, 2.24) is 0 Å². The van der Waals surface area contributed by atoms with Crippen LogP contribution in [-0.4, -0.2) is 39.3 Å². The van der Waals surface area contributed by atoms with E-state index >= 15 is 0 Å². The lowest BCUT2D eigenvalue weighted by atomic mass is 9.85. The summed E-state index contributed by atoms with van der Waals surface area (Å²) in [6.07, 6.45) is 6.32. The summed E-state index contributed by atoms with van der Waals surface area (Å²) in [5, 5.41) is 30.8. The summed E-state index contributed by atoms with van der Waals surface area (Å²) in [5.74, 6) is -0.822. The second-order valence-corrected chi connectivity index (χ2v) is 10.0. The molecule has 170 valence electrons. The Balaban J connectivity index is 1.40. The fraction of sp³-hybridized carbons (Fsp3) is 0.600. The molecule has 3 rings (SSSR count). The smallest absolute Gasteiger partial charge is 0.303 e. The van der Waals surface area contributed by atoms with Gasteiger partial charge in [0.25, 0.3) is 0 Å². The van der Waals surface area contributed by atoms with Crippen LogP contribution in [0, 0.1) is 11.8 Å². The molecule has 0 bridgehead atoms. The van der Waals surface area contributed by atoms with E-state index < -0.39 is 18.2 Å². The van der Waals surface area contributed by atoms with Gasteiger partial charge in [-0.05, 0) is 62.0 Å². The minimum Gasteiger partial charge on any atom is -0.481 e. The van der Waals surface area contributed by atoms with Crippen LogP contribution in [0.3, 0.4) is 0 Å². The van der Waals surface area contributed by atoms with Crippen molar-refractivity contribution in [1.29, 1.82) is 0 Å². The summed E-state index contributed by atoms with van der Waals surface area (Å²) in [4.78, 5) is 24.2. The largest absolute Gasteiger partial charge is 0.481 e. The zero-order valence-corrected chi connectivity index (χ0v) is 18.9. The number of aliphatic hydroxyl groups is 2. The maximum absolute atomic E-state index is 12.4. The maximum atomic E-state index is 12.4. The molecule has 5 nitrogen and oxygen atoms in total. The van der Waals surface area contributed by atoms with E-state index in [0.717, 1.165) is 32.1 Å². The molecule has 3 N–H and O–H groups in total. The SMILES string of the molecule is O=C(O)CCCCCCC1C(O)CC(=O)C1CCC(O)CCc1cc2ccccc2s1. The molecule has 6 heteroatoms. The molecule has 0 radical (unpaired) electrons. The molecule has 2 aromatic rings. The van der Waals surface area contributed by atoms with E-state index in [2.05, 4.69) is 18.2 Å². The van der Waals surface area contributed by atoms with Gasteiger partial charge in [0, 0.05) is 28.3 Å². The molecule has 31 heavy (non-hydrogen) atoms. The van der Waals surface area contributed by atoms with Gasteiger partial charge in [-0.2, -0.15) is 0 Å². The molecular formula is C25H34O5S. The zero-order chi connectivity index (χ0) is 22.2. The third-order valence-electron chi connectivity index (χ3n) is 6.52. The van der Waals surface area contributed by atoms with Crippen molar-refractivity contribution < 1.29 is 24.9 Å². The van der Waals surface area contributed by atoms with Gasteiger partial charge in [0.15, 0.2) is 0 Å². The number of carboxylic acids is 1. The molecule has 4 unspecified atom stereocenters. The molecule has 0 amide bonds. The zero-order valence-electron chi connectivity index (χ0n) is 18.0. The van der Waals surface area contributed by atoms with Crippen LogP contribution in [0.2, 0.25) is 0 Å². The Labute approximate surface area is 188 Å². The van der Waals surface area contributed by atoms with Gasteiger partial charge < -0.3 is 15.3 Å². The number of carboxylic acid groups (broad SMARTS) is 1. The number of aliphatic carboxylic acids is 1. The number of benzene rings is 1. The van der Waals surface area contributed by atoms with Crippen LogP contribution in [0.4, 0.5) is 0 Å². The number of rotatable bonds is 13. The van der Waals surface area contributed by atoms with Gasteiger partial charge in [0.1, 0.15) is 5.78 Å². The van der Waals surface area contributed by atoms with Crippen molar-refractivity contribution in [3.63, 3.8) is 0 Å². The number of carbonyl (C=O) groups is 2. The van der Waals surface area contributed by atoms with Crippen LogP contribution in [0.5, 0.6) is 0 Å². The fourth-order valence-corrected chi connectivity index (χ4v) is 5.86. The summed E-state index contributed by atoms with van der Waals surface area (Å²) in [6, 6.07) is 10.5. The maximum Gasteiger partial charge on any atom is 0.303 e. The number of unbranched alkanes of at least 4 members (excludes halogenated alkanes) is 3. The van der Waals surface area contributed by atoms with Gasteiger partial charge in [0.2, 0.25) is 0 Å². The number of ketones is 1. The van der Waals surface area contributed by atoms with Crippen molar-refractivity contribution in [2.24, 2.45) is 11.8 Å². The van der Waals surface area contributed by atoms with Crippen molar-refractivity contribution in [2.75, 3.05) is 0 Å². The third-order valence-corrected chi connectivity index (χ3v) is 7.70. The fourth-order valence-electron chi connectivity index (χ4n) is 4.78. The van der Waals surface area contributed by atoms with Crippen LogP contribution in [0.25, 0.3) is 10.1 Å². The van der Waals surface area contributed by atoms with Crippen molar-refractivity contribution in [3.05, 3.63) is 35.2 Å². The molecule has 0 saturated heterocycles. The Bertz CT molecular complexity index is 827.